The summed E-state index contributed by atoms with van der Waals surface area (Å²) in [4.78, 5) is 0. The van der Waals surface area contributed by atoms with Crippen LogP contribution in [-0.4, -0.2) is 5.48 Å². The summed E-state index contributed by atoms with van der Waals surface area (Å²) in [5.41, 5.74) is 0. The fraction of sp³-hybridized carbons (Fsp3) is 0. The second-order valence-electron chi connectivity index (χ2n) is 0. The summed E-state index contributed by atoms with van der Waals surface area (Å²) in [6.45, 7) is 0. The maximum absolute atomic E-state index is 0. The quantitative estimate of drug-likeness (QED) is 0.552. The van der Waals surface area contributed by atoms with E-state index >= 15 is 0 Å². The summed E-state index contributed by atoms with van der Waals surface area (Å²) in [5, 5.41) is 0. The molecule has 0 heterocycles. The molecule has 0 saturated heterocycles. The minimum absolute atomic E-state index is 0. The standard InChI is InChI=1S/Ce.H2O.Y.Zr/h;1H2;;. The molecule has 1 nitrogen and oxygen atoms in total. The van der Waals surface area contributed by atoms with Gasteiger partial charge in [0.2, 0.25) is 0 Å². The molecule has 0 aromatic carbocycles. The van der Waals surface area contributed by atoms with Crippen molar-refractivity contribution < 1.29 is 106 Å². The molecule has 19 valence electrons. The Hall–Kier alpha value is 3.32. The smallest absolute Gasteiger partial charge is 0 e. The maximum Gasteiger partial charge on any atom is 0 e. The molecule has 2 N–H and O–H groups in total. The zero-order valence-corrected chi connectivity index (χ0v) is 10.5. The van der Waals surface area contributed by atoms with Crippen molar-refractivity contribution in [1.29, 1.82) is 0 Å². The number of hydrogen-bond donors (Lipinski definition) is 0. The molecule has 0 aliphatic carbocycles. The van der Waals surface area contributed by atoms with E-state index < -0.39 is 0 Å². The second-order valence-corrected chi connectivity index (χ2v) is 0. The van der Waals surface area contributed by atoms with Gasteiger partial charge in [0.1, 0.15) is 0 Å². The van der Waals surface area contributed by atoms with E-state index in [1.165, 1.54) is 0 Å². The van der Waals surface area contributed by atoms with Gasteiger partial charge in [-0.25, -0.2) is 0 Å². The zero-order chi connectivity index (χ0) is 0. The van der Waals surface area contributed by atoms with Crippen molar-refractivity contribution in [2.45, 2.75) is 0 Å². The van der Waals surface area contributed by atoms with E-state index in [0.717, 1.165) is 0 Å². The van der Waals surface area contributed by atoms with Crippen molar-refractivity contribution in [3.05, 3.63) is 0 Å². The summed E-state index contributed by atoms with van der Waals surface area (Å²) < 4.78 is 0. The zero-order valence-electron chi connectivity index (χ0n) is 2.08. The molecule has 4 heteroatoms. The Kier molecular flexibility index (Phi) is 108. The van der Waals surface area contributed by atoms with Crippen LogP contribution in [0.3, 0.4) is 0 Å². The maximum atomic E-state index is 0. The van der Waals surface area contributed by atoms with E-state index in [1.54, 1.807) is 0 Å². The van der Waals surface area contributed by atoms with E-state index in [2.05, 4.69) is 0 Å². The van der Waals surface area contributed by atoms with E-state index in [0.29, 0.717) is 0 Å². The fourth-order valence-electron chi connectivity index (χ4n) is 0. The van der Waals surface area contributed by atoms with Crippen LogP contribution < -0.4 is 0 Å². The first-order chi connectivity index (χ1) is 0. The van der Waals surface area contributed by atoms with E-state index in [1.807, 2.05) is 0 Å². The molecule has 4 heavy (non-hydrogen) atoms. The summed E-state index contributed by atoms with van der Waals surface area (Å²) in [6.07, 6.45) is 0. The predicted molar refractivity (Wildman–Crippen MR) is 3.61 cm³/mol. The molecule has 0 aliphatic heterocycles. The molecule has 0 atom stereocenters. The molecule has 0 spiro atoms. The SMILES string of the molecule is O.[Ce].[Y].[Zr]. The molecule has 0 fully saturated rings. The van der Waals surface area contributed by atoms with Gasteiger partial charge >= 0.3 is 0 Å². The molecule has 0 rings (SSSR count). The number of rotatable bonds is 0. The van der Waals surface area contributed by atoms with Gasteiger partial charge in [0.05, 0.1) is 0 Å². The van der Waals surface area contributed by atoms with Crippen LogP contribution in [0.15, 0.2) is 0 Å². The Morgan fingerprint density at radius 3 is 1.00 bits per heavy atom. The monoisotopic (exact) mass is 337 g/mol. The van der Waals surface area contributed by atoms with Gasteiger partial charge in [-0.2, -0.15) is 0 Å². The van der Waals surface area contributed by atoms with Crippen molar-refractivity contribution in [2.24, 2.45) is 0 Å². The summed E-state index contributed by atoms with van der Waals surface area (Å²) in [7, 11) is 0. The van der Waals surface area contributed by atoms with Crippen LogP contribution in [0.25, 0.3) is 0 Å². The van der Waals surface area contributed by atoms with Crippen LogP contribution in [0.2, 0.25) is 0 Å². The summed E-state index contributed by atoms with van der Waals surface area (Å²) in [6, 6.07) is 0. The van der Waals surface area contributed by atoms with Crippen LogP contribution >= 0.6 is 0 Å². The summed E-state index contributed by atoms with van der Waals surface area (Å²) in [5.74, 6) is 0. The van der Waals surface area contributed by atoms with Gasteiger partial charge in [0.15, 0.2) is 0 Å². The van der Waals surface area contributed by atoms with Crippen molar-refractivity contribution in [2.75, 3.05) is 0 Å². The fourth-order valence-corrected chi connectivity index (χ4v) is 0. The largest absolute Gasteiger partial charge is 0.412 e. The van der Waals surface area contributed by atoms with Gasteiger partial charge in [-0.05, 0) is 0 Å². The van der Waals surface area contributed by atoms with Crippen molar-refractivity contribution in [1.82, 2.24) is 0 Å². The molecule has 1 radical (unpaired) electrons. The van der Waals surface area contributed by atoms with Crippen molar-refractivity contribution in [3.63, 3.8) is 0 Å². The third-order valence-corrected chi connectivity index (χ3v) is 0. The van der Waals surface area contributed by atoms with Crippen LogP contribution in [0.1, 0.15) is 0 Å². The van der Waals surface area contributed by atoms with E-state index in [9.17, 15) is 0 Å². The Morgan fingerprint density at radius 1 is 1.00 bits per heavy atom. The predicted octanol–water partition coefficient (Wildman–Crippen LogP) is -0.830. The van der Waals surface area contributed by atoms with Gasteiger partial charge < -0.3 is 5.48 Å². The van der Waals surface area contributed by atoms with Crippen LogP contribution in [-0.2, 0) is 58.9 Å². The molecular weight excluding hydrogens is 336 g/mol. The van der Waals surface area contributed by atoms with Crippen LogP contribution in [0, 0.1) is 41.7 Å². The normalized spacial score (nSPS) is 0. The average Bonchev–Trinajstić information content (AvgIpc) is 0. The van der Waals surface area contributed by atoms with E-state index in [-0.39, 0.29) is 106 Å². The summed E-state index contributed by atoms with van der Waals surface area (Å²) >= 11 is 0. The van der Waals surface area contributed by atoms with E-state index in [4.69, 9.17) is 0 Å². The molecule has 0 saturated carbocycles. The first kappa shape index (κ1) is 26.5. The van der Waals surface area contributed by atoms with Crippen LogP contribution in [0.4, 0.5) is 0 Å². The minimum Gasteiger partial charge on any atom is -0.412 e. The van der Waals surface area contributed by atoms with Gasteiger partial charge in [0, 0.05) is 101 Å². The molecule has 0 amide bonds. The Morgan fingerprint density at radius 2 is 1.00 bits per heavy atom. The topological polar surface area (TPSA) is 31.5 Å². The van der Waals surface area contributed by atoms with Crippen LogP contribution in [0.5, 0.6) is 0 Å². The molecule has 0 aromatic rings. The van der Waals surface area contributed by atoms with Gasteiger partial charge in [-0.1, -0.05) is 0 Å². The molecule has 0 aliphatic rings. The van der Waals surface area contributed by atoms with Crippen molar-refractivity contribution in [3.8, 4) is 0 Å². The van der Waals surface area contributed by atoms with Gasteiger partial charge in [-0.15, -0.1) is 0 Å². The van der Waals surface area contributed by atoms with Gasteiger partial charge in [-0.3, -0.25) is 0 Å². The van der Waals surface area contributed by atoms with Gasteiger partial charge in [0.25, 0.3) is 0 Å². The Labute approximate surface area is 103 Å². The first-order valence-electron chi connectivity index (χ1n) is 0. The number of hydrogen-bond acceptors (Lipinski definition) is 0. The Balaban J connectivity index is 0. The molecule has 0 bridgehead atoms. The molecular formula is H2CeOYZr. The molecule has 0 unspecified atom stereocenters. The Bertz CT molecular complexity index is 8.00. The molecule has 0 aromatic heterocycles. The first-order valence-corrected chi connectivity index (χ1v) is 0. The third kappa shape index (κ3) is 9.01. The second kappa shape index (κ2) is 16.2. The van der Waals surface area contributed by atoms with Crippen molar-refractivity contribution >= 4 is 0 Å². The third-order valence-electron chi connectivity index (χ3n) is 0. The minimum atomic E-state index is 0. The average molecular weight is 338 g/mol.